The Morgan fingerprint density at radius 2 is 1.71 bits per heavy atom. The molecule has 2 aromatic carbocycles. The molecule has 4 aliphatic rings. The number of fused-ring (bicyclic) bond motifs is 2. The highest BCUT2D eigenvalue weighted by molar-refractivity contribution is 5.82. The number of hydrogen-bond acceptors (Lipinski definition) is 2. The van der Waals surface area contributed by atoms with Gasteiger partial charge in [0.25, 0.3) is 0 Å². The normalized spacial score (nSPS) is 29.2. The molecule has 1 aliphatic carbocycles. The van der Waals surface area contributed by atoms with Crippen LogP contribution in [0.1, 0.15) is 67.6 Å². The van der Waals surface area contributed by atoms with E-state index in [1.54, 1.807) is 7.11 Å². The highest BCUT2D eigenvalue weighted by Crippen LogP contribution is 2.43. The molecule has 208 valence electrons. The van der Waals surface area contributed by atoms with Crippen molar-refractivity contribution in [2.45, 2.75) is 68.9 Å². The largest absolute Gasteiger partial charge is 1.00 e. The molecular weight excluding hydrogens is 517 g/mol. The first-order valence-corrected chi connectivity index (χ1v) is 14.4. The predicted molar refractivity (Wildman–Crippen MR) is 141 cm³/mol. The molecule has 1 spiro atoms. The maximum Gasteiger partial charge on any atom is 0.233 e. The van der Waals surface area contributed by atoms with E-state index in [9.17, 15) is 4.79 Å². The number of nitrogens with zero attached hydrogens (tertiary/aromatic N) is 1. The summed E-state index contributed by atoms with van der Waals surface area (Å²) < 4.78 is 5.75. The minimum Gasteiger partial charge on any atom is -1.00 e. The lowest BCUT2D eigenvalue weighted by atomic mass is 9.67. The second kappa shape index (κ2) is 12.6. The van der Waals surface area contributed by atoms with Crippen LogP contribution in [-0.4, -0.2) is 50.1 Å². The minimum atomic E-state index is -0.105. The predicted octanol–water partition coefficient (Wildman–Crippen LogP) is -3.43. The van der Waals surface area contributed by atoms with Crippen molar-refractivity contribution in [2.75, 3.05) is 33.3 Å². The summed E-state index contributed by atoms with van der Waals surface area (Å²) in [6.45, 7) is 4.73. The van der Waals surface area contributed by atoms with Crippen LogP contribution in [0.15, 0.2) is 48.5 Å². The lowest BCUT2D eigenvalue weighted by Gasteiger charge is -2.47. The van der Waals surface area contributed by atoms with Gasteiger partial charge in [-0.1, -0.05) is 61.7 Å². The molecule has 3 heterocycles. The number of amides is 1. The Morgan fingerprint density at radius 3 is 2.47 bits per heavy atom. The first-order valence-electron chi connectivity index (χ1n) is 14.4. The number of benzene rings is 2. The first-order chi connectivity index (χ1) is 17.7. The van der Waals surface area contributed by atoms with Gasteiger partial charge in [-0.05, 0) is 54.7 Å². The number of quaternary nitrogens is 2. The summed E-state index contributed by atoms with van der Waals surface area (Å²) >= 11 is 0. The van der Waals surface area contributed by atoms with Gasteiger partial charge in [0.05, 0.1) is 32.3 Å². The van der Waals surface area contributed by atoms with Crippen LogP contribution in [0.5, 0.6) is 5.75 Å². The summed E-state index contributed by atoms with van der Waals surface area (Å²) in [7, 11) is 1.77. The van der Waals surface area contributed by atoms with Crippen LogP contribution in [0, 0.1) is 11.8 Å². The molecule has 2 aromatic rings. The van der Waals surface area contributed by atoms with Gasteiger partial charge in [-0.15, -0.1) is 0 Å². The quantitative estimate of drug-likeness (QED) is 0.409. The maximum absolute atomic E-state index is 14.6. The molecule has 0 aromatic heterocycles. The van der Waals surface area contributed by atoms with Gasteiger partial charge in [-0.3, -0.25) is 4.79 Å². The Kier molecular flexibility index (Phi) is 9.67. The SMILES string of the molecule is COc1cccc2c1C[NH2+]C[C@]21C[NH2+]C[C@H]1C(=O)N1CC[C@@H](c2ccccc2)C[C@H]1C1CCCCC1.[Cl-].[Cl-]. The lowest BCUT2D eigenvalue weighted by Crippen LogP contribution is -3.00. The van der Waals surface area contributed by atoms with Crippen molar-refractivity contribution >= 4 is 5.91 Å². The smallest absolute Gasteiger partial charge is 0.233 e. The van der Waals surface area contributed by atoms with Gasteiger partial charge in [0.1, 0.15) is 23.6 Å². The van der Waals surface area contributed by atoms with E-state index < -0.39 is 0 Å². The average Bonchev–Trinajstić information content (AvgIpc) is 3.37. The number of likely N-dealkylation sites (tertiary alicyclic amines) is 1. The summed E-state index contributed by atoms with van der Waals surface area (Å²) in [5.41, 5.74) is 4.02. The van der Waals surface area contributed by atoms with Crippen LogP contribution < -0.4 is 40.2 Å². The third kappa shape index (κ3) is 5.20. The number of halogens is 2. The molecule has 4 atom stereocenters. The molecule has 0 unspecified atom stereocenters. The number of carbonyl (C=O) groups is 1. The Morgan fingerprint density at radius 1 is 0.947 bits per heavy atom. The van der Waals surface area contributed by atoms with Crippen molar-refractivity contribution in [1.29, 1.82) is 0 Å². The van der Waals surface area contributed by atoms with Crippen molar-refractivity contribution < 1.29 is 45.0 Å². The van der Waals surface area contributed by atoms with E-state index in [1.807, 2.05) is 0 Å². The Hall–Kier alpha value is -1.79. The van der Waals surface area contributed by atoms with Gasteiger partial charge in [0, 0.05) is 12.6 Å². The Balaban J connectivity index is 0.00000168. The molecular formula is C31H43Cl2N3O2. The molecule has 3 fully saturated rings. The maximum atomic E-state index is 14.6. The number of rotatable bonds is 4. The fourth-order valence-electron chi connectivity index (χ4n) is 8.22. The summed E-state index contributed by atoms with van der Waals surface area (Å²) in [5, 5.41) is 4.81. The highest BCUT2D eigenvalue weighted by Gasteiger charge is 2.57. The van der Waals surface area contributed by atoms with Crippen molar-refractivity contribution in [3.05, 3.63) is 65.2 Å². The zero-order valence-corrected chi connectivity index (χ0v) is 24.1. The highest BCUT2D eigenvalue weighted by atomic mass is 35.5. The second-order valence-electron chi connectivity index (χ2n) is 11.7. The van der Waals surface area contributed by atoms with E-state index in [0.29, 0.717) is 23.8 Å². The molecule has 5 nitrogen and oxygen atoms in total. The minimum absolute atomic E-state index is 0. The molecule has 2 saturated heterocycles. The van der Waals surface area contributed by atoms with Gasteiger partial charge >= 0.3 is 0 Å². The third-order valence-electron chi connectivity index (χ3n) is 10.0. The van der Waals surface area contributed by atoms with Gasteiger partial charge in [0.15, 0.2) is 0 Å². The monoisotopic (exact) mass is 559 g/mol. The topological polar surface area (TPSA) is 62.8 Å². The van der Waals surface area contributed by atoms with Gasteiger partial charge in [-0.25, -0.2) is 0 Å². The molecule has 6 rings (SSSR count). The molecule has 4 N–H and O–H groups in total. The molecule has 1 amide bonds. The summed E-state index contributed by atoms with van der Waals surface area (Å²) in [6, 6.07) is 17.9. The first kappa shape index (κ1) is 29.2. The number of nitrogens with two attached hydrogens (primary N) is 2. The number of ether oxygens (including phenoxy) is 1. The van der Waals surface area contributed by atoms with Crippen molar-refractivity contribution in [2.24, 2.45) is 11.8 Å². The number of methoxy groups -OCH3 is 1. The van der Waals surface area contributed by atoms with Crippen LogP contribution >= 0.6 is 0 Å². The van der Waals surface area contributed by atoms with Crippen molar-refractivity contribution in [3.8, 4) is 5.75 Å². The average molecular weight is 561 g/mol. The van der Waals surface area contributed by atoms with Crippen LogP contribution in [0.25, 0.3) is 0 Å². The van der Waals surface area contributed by atoms with E-state index in [-0.39, 0.29) is 36.1 Å². The van der Waals surface area contributed by atoms with Gasteiger partial charge in [-0.2, -0.15) is 0 Å². The second-order valence-corrected chi connectivity index (χ2v) is 11.7. The molecule has 3 aliphatic heterocycles. The molecule has 7 heteroatoms. The fraction of sp³-hybridized carbons (Fsp3) is 0.581. The van der Waals surface area contributed by atoms with Crippen LogP contribution in [-0.2, 0) is 16.8 Å². The fourth-order valence-corrected chi connectivity index (χ4v) is 8.22. The van der Waals surface area contributed by atoms with E-state index in [0.717, 1.165) is 51.3 Å². The lowest BCUT2D eigenvalue weighted by molar-refractivity contribution is -0.691. The Bertz CT molecular complexity index is 1080. The van der Waals surface area contributed by atoms with Crippen LogP contribution in [0.2, 0.25) is 0 Å². The van der Waals surface area contributed by atoms with Gasteiger partial charge < -0.3 is 45.1 Å². The number of carbonyl (C=O) groups excluding carboxylic acids is 1. The van der Waals surface area contributed by atoms with Crippen LogP contribution in [0.3, 0.4) is 0 Å². The zero-order valence-electron chi connectivity index (χ0n) is 22.6. The van der Waals surface area contributed by atoms with E-state index in [2.05, 4.69) is 64.1 Å². The van der Waals surface area contributed by atoms with E-state index in [1.165, 1.54) is 48.8 Å². The van der Waals surface area contributed by atoms with Crippen molar-refractivity contribution in [3.63, 3.8) is 0 Å². The van der Waals surface area contributed by atoms with E-state index in [4.69, 9.17) is 4.74 Å². The molecule has 0 bridgehead atoms. The number of piperidine rings is 1. The third-order valence-corrected chi connectivity index (χ3v) is 10.0. The summed E-state index contributed by atoms with van der Waals surface area (Å²) in [4.78, 5) is 17.0. The Labute approximate surface area is 240 Å². The number of hydrogen-bond donors (Lipinski definition) is 2. The summed E-state index contributed by atoms with van der Waals surface area (Å²) in [5.74, 6) is 2.67. The van der Waals surface area contributed by atoms with E-state index >= 15 is 0 Å². The zero-order chi connectivity index (χ0) is 24.5. The van der Waals surface area contributed by atoms with Gasteiger partial charge in [0.2, 0.25) is 5.91 Å². The van der Waals surface area contributed by atoms with Crippen molar-refractivity contribution in [1.82, 2.24) is 4.90 Å². The van der Waals surface area contributed by atoms with Crippen LogP contribution in [0.4, 0.5) is 0 Å². The molecule has 1 saturated carbocycles. The molecule has 38 heavy (non-hydrogen) atoms. The molecule has 0 radical (unpaired) electrons. The standard InChI is InChI=1S/C31H41N3O2.2ClH/c1-36-29-14-8-13-26-25(29)18-32-20-31(26)21-33-19-27(31)30(35)34-16-15-24(22-9-4-2-5-10-22)17-28(34)23-11-6-3-7-12-23;;/h2,4-5,8-10,13-14,23-24,27-28,32-33H,3,6-7,11-12,15-21H2,1H3;2*1H/t24-,27+,28+,31+;;/m1../s1. The summed E-state index contributed by atoms with van der Waals surface area (Å²) in [6.07, 6.45) is 8.77.